The van der Waals surface area contributed by atoms with E-state index in [0.717, 1.165) is 5.69 Å². The van der Waals surface area contributed by atoms with Crippen LogP contribution in [0.2, 0.25) is 0 Å². The van der Waals surface area contributed by atoms with Crippen molar-refractivity contribution in [1.29, 1.82) is 0 Å². The van der Waals surface area contributed by atoms with Crippen molar-refractivity contribution >= 4 is 0 Å². The van der Waals surface area contributed by atoms with Crippen molar-refractivity contribution in [2.45, 2.75) is 20.3 Å². The fourth-order valence-electron chi connectivity index (χ4n) is 1.07. The van der Waals surface area contributed by atoms with Crippen LogP contribution in [0.4, 0.5) is 0 Å². The Balaban J connectivity index is 0.000000422. The lowest BCUT2D eigenvalue weighted by Crippen LogP contribution is -1.90. The maximum atomic E-state index is 7.98. The third kappa shape index (κ3) is 14.5. The van der Waals surface area contributed by atoms with E-state index in [1.165, 1.54) is 0 Å². The van der Waals surface area contributed by atoms with Crippen LogP contribution >= 0.6 is 0 Å². The summed E-state index contributed by atoms with van der Waals surface area (Å²) < 4.78 is 0. The molecule has 0 bridgehead atoms. The van der Waals surface area contributed by atoms with Crippen LogP contribution < -0.4 is 0 Å². The number of hydrogen-bond donors (Lipinski definition) is 0. The first-order valence-electron chi connectivity index (χ1n) is 6.59. The zero-order valence-corrected chi connectivity index (χ0v) is 13.0. The predicted octanol–water partition coefficient (Wildman–Crippen LogP) is 2.98. The summed E-state index contributed by atoms with van der Waals surface area (Å²) in [6, 6.07) is 5.68. The van der Waals surface area contributed by atoms with Crippen LogP contribution in [0.5, 0.6) is 0 Å². The topological polar surface area (TPSA) is 61.7 Å². The van der Waals surface area contributed by atoms with Gasteiger partial charge in [0, 0.05) is 23.3 Å². The second-order valence-electron chi connectivity index (χ2n) is 3.53. The zero-order valence-electron chi connectivity index (χ0n) is 13.0. The van der Waals surface area contributed by atoms with Crippen LogP contribution in [-0.2, 0) is 6.42 Å². The smallest absolute Gasteiger partial charge is 0.0404 e. The van der Waals surface area contributed by atoms with E-state index in [1.807, 2.05) is 18.2 Å². The van der Waals surface area contributed by atoms with Gasteiger partial charge in [-0.25, -0.2) is 0 Å². The molecule has 1 aromatic rings. The van der Waals surface area contributed by atoms with E-state index < -0.39 is 0 Å². The number of pyridine rings is 1. The summed E-state index contributed by atoms with van der Waals surface area (Å²) in [6.07, 6.45) is 2.44. The minimum absolute atomic E-state index is 0.480. The second kappa shape index (κ2) is 16.3. The molecule has 0 saturated heterocycles. The Morgan fingerprint density at radius 2 is 1.52 bits per heavy atom. The summed E-state index contributed by atoms with van der Waals surface area (Å²) in [5.41, 5.74) is 8.94. The van der Waals surface area contributed by atoms with E-state index in [-0.39, 0.29) is 0 Å². The Morgan fingerprint density at radius 1 is 0.957 bits per heavy atom. The Labute approximate surface area is 137 Å². The molecule has 110 valence electrons. The van der Waals surface area contributed by atoms with Crippen LogP contribution in [0.15, 0.2) is 29.5 Å². The van der Waals surface area contributed by atoms with Gasteiger partial charge in [-0.2, -0.15) is 0 Å². The molecular formula is C19H14N4. The Morgan fingerprint density at radius 3 is 1.96 bits per heavy atom. The van der Waals surface area contributed by atoms with Crippen LogP contribution in [0, 0.1) is 59.2 Å². The van der Waals surface area contributed by atoms with Crippen molar-refractivity contribution in [3.63, 3.8) is 0 Å². The number of rotatable bonds is 3. The number of aromatic nitrogens is 1. The molecule has 0 atom stereocenters. The van der Waals surface area contributed by atoms with E-state index in [2.05, 4.69) is 74.2 Å². The van der Waals surface area contributed by atoms with Crippen molar-refractivity contribution in [1.82, 2.24) is 4.98 Å². The molecule has 4 nitrogen and oxygen atoms in total. The van der Waals surface area contributed by atoms with Crippen molar-refractivity contribution in [2.75, 3.05) is 6.54 Å². The van der Waals surface area contributed by atoms with Gasteiger partial charge in [0.15, 0.2) is 0 Å². The summed E-state index contributed by atoms with van der Waals surface area (Å²) in [7, 11) is 0. The summed E-state index contributed by atoms with van der Waals surface area (Å²) in [5.74, 6) is 25.6. The Kier molecular flexibility index (Phi) is 13.7. The van der Waals surface area contributed by atoms with E-state index in [1.54, 1.807) is 20.0 Å². The molecule has 0 radical (unpaired) electrons. The van der Waals surface area contributed by atoms with E-state index in [9.17, 15) is 0 Å². The quantitative estimate of drug-likeness (QED) is 0.366. The molecule has 23 heavy (non-hydrogen) atoms. The first-order chi connectivity index (χ1) is 11.3. The average Bonchev–Trinajstić information content (AvgIpc) is 2.59. The molecule has 0 unspecified atom stereocenters. The molecule has 0 amide bonds. The molecule has 0 aliphatic carbocycles. The molecular weight excluding hydrogens is 284 g/mol. The molecule has 0 spiro atoms. The average molecular weight is 298 g/mol. The molecule has 1 heterocycles. The maximum Gasteiger partial charge on any atom is 0.0404 e. The highest BCUT2D eigenvalue weighted by Gasteiger charge is 1.88. The molecule has 1 aromatic heterocycles. The fraction of sp³-hybridized carbons (Fsp3) is 0.211. The highest BCUT2D eigenvalue weighted by Crippen LogP contribution is 1.94. The predicted molar refractivity (Wildman–Crippen MR) is 92.2 cm³/mol. The van der Waals surface area contributed by atoms with Crippen molar-refractivity contribution in [2.24, 2.45) is 5.11 Å². The van der Waals surface area contributed by atoms with E-state index in [4.69, 9.17) is 5.53 Å². The highest BCUT2D eigenvalue weighted by atomic mass is 15.1. The van der Waals surface area contributed by atoms with Crippen molar-refractivity contribution in [3.05, 3.63) is 40.5 Å². The molecule has 0 aromatic carbocycles. The first kappa shape index (κ1) is 19.3. The van der Waals surface area contributed by atoms with Crippen LogP contribution in [-0.4, -0.2) is 11.5 Å². The summed E-state index contributed by atoms with van der Waals surface area (Å²) >= 11 is 0. The third-order valence-electron chi connectivity index (χ3n) is 1.94. The van der Waals surface area contributed by atoms with Gasteiger partial charge in [-0.1, -0.05) is 23.0 Å². The maximum absolute atomic E-state index is 7.98. The number of azide groups is 1. The van der Waals surface area contributed by atoms with Gasteiger partial charge in [0.25, 0.3) is 0 Å². The van der Waals surface area contributed by atoms with Gasteiger partial charge in [0.05, 0.1) is 0 Å². The molecule has 0 aliphatic heterocycles. The molecule has 0 aliphatic rings. The van der Waals surface area contributed by atoms with Gasteiger partial charge in [-0.15, -0.1) is 0 Å². The van der Waals surface area contributed by atoms with E-state index in [0.29, 0.717) is 13.0 Å². The van der Waals surface area contributed by atoms with Crippen LogP contribution in [0.25, 0.3) is 10.4 Å². The first-order valence-corrected chi connectivity index (χ1v) is 6.59. The molecule has 0 fully saturated rings. The lowest BCUT2D eigenvalue weighted by molar-refractivity contribution is 0.914. The largest absolute Gasteiger partial charge is 0.261 e. The molecule has 1 rings (SSSR count). The zero-order chi connectivity index (χ0) is 17.0. The van der Waals surface area contributed by atoms with Crippen LogP contribution in [0.3, 0.4) is 0 Å². The minimum Gasteiger partial charge on any atom is -0.261 e. The highest BCUT2D eigenvalue weighted by molar-refractivity contribution is 5.42. The van der Waals surface area contributed by atoms with Crippen LogP contribution in [0.1, 0.15) is 19.5 Å². The standard InChI is InChI=1S/C12H6.C7H8N4/c1-3-5-7-9-11-12-10-8-6-4-2;8-11-10-6-4-7-3-1-2-5-9-7/h1-2H3;1-3,5H,4,6H2. The van der Waals surface area contributed by atoms with Gasteiger partial charge < -0.3 is 0 Å². The minimum atomic E-state index is 0.480. The lowest BCUT2D eigenvalue weighted by atomic mass is 10.3. The second-order valence-corrected chi connectivity index (χ2v) is 3.53. The Bertz CT molecular complexity index is 779. The van der Waals surface area contributed by atoms with Crippen molar-refractivity contribution in [3.8, 4) is 59.2 Å². The molecule has 0 saturated carbocycles. The van der Waals surface area contributed by atoms with Gasteiger partial charge in [-0.3, -0.25) is 4.98 Å². The lowest BCUT2D eigenvalue weighted by Gasteiger charge is -1.92. The van der Waals surface area contributed by atoms with Gasteiger partial charge >= 0.3 is 0 Å². The van der Waals surface area contributed by atoms with Gasteiger partial charge in [0.1, 0.15) is 0 Å². The molecule has 0 N–H and O–H groups in total. The number of hydrogen-bond acceptors (Lipinski definition) is 2. The normalized spacial score (nSPS) is 6.17. The number of nitrogens with zero attached hydrogens (tertiary/aromatic N) is 4. The fourth-order valence-corrected chi connectivity index (χ4v) is 1.07. The Hall–Kier alpha value is -3.74. The van der Waals surface area contributed by atoms with Gasteiger partial charge in [0.2, 0.25) is 0 Å². The summed E-state index contributed by atoms with van der Waals surface area (Å²) in [6.45, 7) is 3.92. The SMILES string of the molecule is CC#CC#CC#CC#CC#CC.[N-]=[N+]=NCCc1ccccn1. The van der Waals surface area contributed by atoms with Crippen molar-refractivity contribution < 1.29 is 0 Å². The van der Waals surface area contributed by atoms with E-state index >= 15 is 0 Å². The summed E-state index contributed by atoms with van der Waals surface area (Å²) in [5, 5.41) is 3.41. The summed E-state index contributed by atoms with van der Waals surface area (Å²) in [4.78, 5) is 6.72. The molecule has 4 heteroatoms. The third-order valence-corrected chi connectivity index (χ3v) is 1.94. The van der Waals surface area contributed by atoms with Gasteiger partial charge in [-0.05, 0) is 85.3 Å². The monoisotopic (exact) mass is 298 g/mol.